The predicted molar refractivity (Wildman–Crippen MR) is 137 cm³/mol. The second-order valence-electron chi connectivity index (χ2n) is 8.29. The molecule has 3 aromatic rings. The summed E-state index contributed by atoms with van der Waals surface area (Å²) in [5.74, 6) is 2.31. The highest BCUT2D eigenvalue weighted by atomic mass is 16.3. The van der Waals surface area contributed by atoms with Gasteiger partial charge in [-0.2, -0.15) is 0 Å². The van der Waals surface area contributed by atoms with E-state index in [2.05, 4.69) is 12.5 Å². The van der Waals surface area contributed by atoms with Crippen molar-refractivity contribution in [3.8, 4) is 12.3 Å². The van der Waals surface area contributed by atoms with Gasteiger partial charge in [-0.05, 0) is 43.9 Å². The number of benzene rings is 3. The number of aliphatic hydroxyl groups is 3. The summed E-state index contributed by atoms with van der Waals surface area (Å²) in [6.07, 6.45) is 7.42. The minimum atomic E-state index is -1.14. The molecule has 0 aromatic heterocycles. The van der Waals surface area contributed by atoms with E-state index < -0.39 is 16.8 Å². The average Bonchev–Trinajstić information content (AvgIpc) is 2.86. The Morgan fingerprint density at radius 3 is 1.42 bits per heavy atom. The summed E-state index contributed by atoms with van der Waals surface area (Å²) in [5, 5.41) is 29.0. The molecule has 0 aliphatic heterocycles. The van der Waals surface area contributed by atoms with Crippen LogP contribution < -0.4 is 0 Å². The van der Waals surface area contributed by atoms with Gasteiger partial charge in [0.25, 0.3) is 0 Å². The van der Waals surface area contributed by atoms with Gasteiger partial charge in [0, 0.05) is 0 Å². The monoisotopic (exact) mass is 444 g/mol. The normalized spacial score (nSPS) is 15.5. The molecule has 0 spiro atoms. The van der Waals surface area contributed by atoms with Crippen molar-refractivity contribution in [2.75, 3.05) is 0 Å². The van der Waals surface area contributed by atoms with Crippen LogP contribution in [0.25, 0.3) is 0 Å². The Bertz CT molecular complexity index is 983. The van der Waals surface area contributed by atoms with Crippen molar-refractivity contribution in [1.82, 2.24) is 0 Å². The third kappa shape index (κ3) is 9.08. The van der Waals surface area contributed by atoms with Crippen molar-refractivity contribution in [2.24, 2.45) is 0 Å². The second kappa shape index (κ2) is 12.8. The summed E-state index contributed by atoms with van der Waals surface area (Å²) in [7, 11) is 0. The van der Waals surface area contributed by atoms with Crippen molar-refractivity contribution in [3.63, 3.8) is 0 Å². The van der Waals surface area contributed by atoms with E-state index in [1.54, 1.807) is 26.0 Å². The predicted octanol–water partition coefficient (Wildman–Crippen LogP) is 5.91. The van der Waals surface area contributed by atoms with Gasteiger partial charge in [-0.3, -0.25) is 0 Å². The van der Waals surface area contributed by atoms with Crippen molar-refractivity contribution in [3.05, 3.63) is 120 Å². The molecule has 0 amide bonds. The molecule has 0 aliphatic rings. The smallest absolute Gasteiger partial charge is 0.147 e. The van der Waals surface area contributed by atoms with E-state index in [9.17, 15) is 15.3 Å². The molecule has 3 aromatic carbocycles. The molecule has 3 heteroatoms. The van der Waals surface area contributed by atoms with Gasteiger partial charge in [-0.15, -0.1) is 6.42 Å². The molecule has 0 heterocycles. The van der Waals surface area contributed by atoms with Gasteiger partial charge in [0.05, 0.1) is 5.60 Å². The fourth-order valence-corrected chi connectivity index (χ4v) is 2.74. The largest absolute Gasteiger partial charge is 0.385 e. The van der Waals surface area contributed by atoms with Crippen molar-refractivity contribution in [2.45, 2.75) is 50.9 Å². The molecule has 3 N–H and O–H groups in total. The number of terminal acetylenes is 1. The molecule has 33 heavy (non-hydrogen) atoms. The van der Waals surface area contributed by atoms with Crippen molar-refractivity contribution < 1.29 is 15.3 Å². The Hall–Kier alpha value is -3.16. The molecular formula is C30H36O3. The Morgan fingerprint density at radius 2 is 1.09 bits per heavy atom. The molecule has 0 radical (unpaired) electrons. The lowest BCUT2D eigenvalue weighted by Crippen LogP contribution is -2.19. The molecule has 0 saturated carbocycles. The van der Waals surface area contributed by atoms with E-state index in [4.69, 9.17) is 6.42 Å². The summed E-state index contributed by atoms with van der Waals surface area (Å²) in [4.78, 5) is 0. The Labute approximate surface area is 199 Å². The average molecular weight is 445 g/mol. The standard InChI is InChI=1S/C10H14O.C10H12O.C10H10O/c3*1-3-10(2,11)9-7-5-4-6-8-9/h4-8,11H,3H2,1-2H3;3-8,11H,1H2,2H3;1,4-8,11H,2H3. The molecule has 3 unspecified atom stereocenters. The van der Waals surface area contributed by atoms with Gasteiger partial charge in [0.2, 0.25) is 0 Å². The summed E-state index contributed by atoms with van der Waals surface area (Å²) < 4.78 is 0. The van der Waals surface area contributed by atoms with E-state index >= 15 is 0 Å². The zero-order valence-electron chi connectivity index (χ0n) is 20.1. The molecule has 174 valence electrons. The first kappa shape index (κ1) is 27.9. The fraction of sp³-hybridized carbons (Fsp3) is 0.267. The topological polar surface area (TPSA) is 60.7 Å². The molecular weight excluding hydrogens is 408 g/mol. The third-order valence-corrected chi connectivity index (χ3v) is 5.46. The molecule has 0 aliphatic carbocycles. The maximum atomic E-state index is 9.79. The van der Waals surface area contributed by atoms with E-state index in [1.807, 2.05) is 92.7 Å². The maximum Gasteiger partial charge on any atom is 0.147 e. The van der Waals surface area contributed by atoms with Crippen LogP contribution >= 0.6 is 0 Å². The van der Waals surface area contributed by atoms with Crippen LogP contribution in [0.15, 0.2) is 104 Å². The number of rotatable bonds is 5. The van der Waals surface area contributed by atoms with Gasteiger partial charge < -0.3 is 15.3 Å². The molecule has 3 nitrogen and oxygen atoms in total. The maximum absolute atomic E-state index is 9.79. The van der Waals surface area contributed by atoms with E-state index in [0.717, 1.165) is 23.1 Å². The first-order valence-electron chi connectivity index (χ1n) is 10.9. The lowest BCUT2D eigenvalue weighted by Gasteiger charge is -2.21. The minimum Gasteiger partial charge on any atom is -0.385 e. The highest BCUT2D eigenvalue weighted by molar-refractivity contribution is 5.29. The summed E-state index contributed by atoms with van der Waals surface area (Å²) in [5.41, 5.74) is -0.0935. The Balaban J connectivity index is 0.000000247. The van der Waals surface area contributed by atoms with Gasteiger partial charge >= 0.3 is 0 Å². The van der Waals surface area contributed by atoms with Crippen LogP contribution in [0.2, 0.25) is 0 Å². The van der Waals surface area contributed by atoms with Crippen LogP contribution in [-0.2, 0) is 16.8 Å². The molecule has 0 bridgehead atoms. The SMILES string of the molecule is C#CC(C)(O)c1ccccc1.C=CC(C)(O)c1ccccc1.CCC(C)(O)c1ccccc1. The van der Waals surface area contributed by atoms with Crippen molar-refractivity contribution in [1.29, 1.82) is 0 Å². The zero-order valence-corrected chi connectivity index (χ0v) is 20.1. The second-order valence-corrected chi connectivity index (χ2v) is 8.29. The lowest BCUT2D eigenvalue weighted by atomic mass is 9.94. The Morgan fingerprint density at radius 1 is 0.727 bits per heavy atom. The molecule has 3 rings (SSSR count). The highest BCUT2D eigenvalue weighted by Gasteiger charge is 2.19. The van der Waals surface area contributed by atoms with Gasteiger partial charge in [-0.25, -0.2) is 0 Å². The summed E-state index contributed by atoms with van der Waals surface area (Å²) in [6.45, 7) is 10.7. The number of hydrogen-bond donors (Lipinski definition) is 3. The van der Waals surface area contributed by atoms with Gasteiger partial charge in [-0.1, -0.05) is 116 Å². The van der Waals surface area contributed by atoms with E-state index in [-0.39, 0.29) is 0 Å². The summed E-state index contributed by atoms with van der Waals surface area (Å²) >= 11 is 0. The van der Waals surface area contributed by atoms with Crippen LogP contribution in [0.5, 0.6) is 0 Å². The third-order valence-electron chi connectivity index (χ3n) is 5.46. The van der Waals surface area contributed by atoms with Gasteiger partial charge in [0.1, 0.15) is 11.2 Å². The van der Waals surface area contributed by atoms with E-state index in [1.165, 1.54) is 6.08 Å². The number of hydrogen-bond acceptors (Lipinski definition) is 3. The van der Waals surface area contributed by atoms with Crippen LogP contribution in [-0.4, -0.2) is 15.3 Å². The highest BCUT2D eigenvalue weighted by Crippen LogP contribution is 2.23. The first-order chi connectivity index (χ1) is 15.5. The minimum absolute atomic E-state index is 0.665. The quantitative estimate of drug-likeness (QED) is 0.339. The van der Waals surface area contributed by atoms with Gasteiger partial charge in [0.15, 0.2) is 0 Å². The summed E-state index contributed by atoms with van der Waals surface area (Å²) in [6, 6.07) is 28.4. The van der Waals surface area contributed by atoms with Crippen LogP contribution in [0, 0.1) is 12.3 Å². The zero-order chi connectivity index (χ0) is 25.0. The van der Waals surface area contributed by atoms with Crippen LogP contribution in [0.4, 0.5) is 0 Å². The fourth-order valence-electron chi connectivity index (χ4n) is 2.74. The van der Waals surface area contributed by atoms with Crippen molar-refractivity contribution >= 4 is 0 Å². The molecule has 3 atom stereocenters. The van der Waals surface area contributed by atoms with Crippen LogP contribution in [0.3, 0.4) is 0 Å². The Kier molecular flexibility index (Phi) is 10.8. The first-order valence-corrected chi connectivity index (χ1v) is 10.9. The van der Waals surface area contributed by atoms with E-state index in [0.29, 0.717) is 0 Å². The lowest BCUT2D eigenvalue weighted by molar-refractivity contribution is 0.0531. The van der Waals surface area contributed by atoms with Crippen LogP contribution in [0.1, 0.15) is 50.8 Å². The molecule has 0 saturated heterocycles. The molecule has 0 fully saturated rings.